The molecular weight excluding hydrogens is 414 g/mol. The van der Waals surface area contributed by atoms with E-state index < -0.39 is 15.7 Å². The Balaban J connectivity index is 2.01. The zero-order valence-corrected chi connectivity index (χ0v) is 15.4. The number of ether oxygens (including phenoxy) is 1. The molecule has 1 atom stereocenters. The molecule has 0 spiro atoms. The summed E-state index contributed by atoms with van der Waals surface area (Å²) in [6.45, 7) is -0.145. The number of rotatable bonds is 4. The molecule has 0 N–H and O–H groups in total. The molecule has 0 saturated carbocycles. The molecule has 22 heavy (non-hydrogen) atoms. The van der Waals surface area contributed by atoms with E-state index in [4.69, 9.17) is 20.5 Å². The van der Waals surface area contributed by atoms with E-state index in [1.54, 1.807) is 17.6 Å². The van der Waals surface area contributed by atoms with Gasteiger partial charge >= 0.3 is 0 Å². The van der Waals surface area contributed by atoms with E-state index in [-0.39, 0.29) is 6.61 Å². The molecule has 5 nitrogen and oxygen atoms in total. The van der Waals surface area contributed by atoms with Gasteiger partial charge in [-0.3, -0.25) is 4.18 Å². The number of thiazole rings is 1. The Hall–Kier alpha value is -0.670. The zero-order chi connectivity index (χ0) is 16.0. The predicted octanol–water partition coefficient (Wildman–Crippen LogP) is 3.37. The highest BCUT2D eigenvalue weighted by Gasteiger charge is 2.45. The lowest BCUT2D eigenvalue weighted by atomic mass is 9.95. The van der Waals surface area contributed by atoms with Crippen LogP contribution in [-0.4, -0.2) is 26.3 Å². The van der Waals surface area contributed by atoms with Crippen molar-refractivity contribution in [3.63, 3.8) is 0 Å². The second-order valence-electron chi connectivity index (χ2n) is 4.95. The highest BCUT2D eigenvalue weighted by Crippen LogP contribution is 2.46. The van der Waals surface area contributed by atoms with E-state index in [1.165, 1.54) is 11.3 Å². The molecule has 118 valence electrons. The van der Waals surface area contributed by atoms with Crippen molar-refractivity contribution in [3.05, 3.63) is 43.8 Å². The minimum Gasteiger partial charge on any atom is -0.478 e. The highest BCUT2D eigenvalue weighted by atomic mass is 79.9. The fraction of sp³-hybridized carbons (Fsp3) is 0.308. The molecule has 1 aliphatic rings. The monoisotopic (exact) mass is 423 g/mol. The number of halogens is 2. The maximum atomic E-state index is 11.4. The maximum absolute atomic E-state index is 11.4. The molecule has 2 aromatic rings. The average Bonchev–Trinajstić information content (AvgIpc) is 3.08. The van der Waals surface area contributed by atoms with Crippen molar-refractivity contribution < 1.29 is 17.3 Å². The average molecular weight is 425 g/mol. The van der Waals surface area contributed by atoms with E-state index in [1.807, 2.05) is 5.38 Å². The number of hydrogen-bond donors (Lipinski definition) is 0. The van der Waals surface area contributed by atoms with E-state index in [2.05, 4.69) is 20.9 Å². The van der Waals surface area contributed by atoms with Gasteiger partial charge in [0.1, 0.15) is 12.4 Å². The Morgan fingerprint density at radius 3 is 2.95 bits per heavy atom. The van der Waals surface area contributed by atoms with Crippen molar-refractivity contribution in [3.8, 4) is 5.75 Å². The van der Waals surface area contributed by atoms with Crippen LogP contribution in [0.25, 0.3) is 0 Å². The van der Waals surface area contributed by atoms with Crippen LogP contribution in [-0.2, 0) is 26.3 Å². The van der Waals surface area contributed by atoms with Gasteiger partial charge in [-0.05, 0) is 28.1 Å². The minimum absolute atomic E-state index is 0.145. The molecule has 0 fully saturated rings. The second kappa shape index (κ2) is 5.76. The topological polar surface area (TPSA) is 65.5 Å². The predicted molar refractivity (Wildman–Crippen MR) is 88.1 cm³/mol. The van der Waals surface area contributed by atoms with Crippen LogP contribution in [0.5, 0.6) is 5.75 Å². The largest absolute Gasteiger partial charge is 0.478 e. The summed E-state index contributed by atoms with van der Waals surface area (Å²) in [7, 11) is -3.59. The Morgan fingerprint density at radius 1 is 1.55 bits per heavy atom. The van der Waals surface area contributed by atoms with Crippen LogP contribution in [0.15, 0.2) is 27.5 Å². The van der Waals surface area contributed by atoms with Gasteiger partial charge in [0.2, 0.25) is 0 Å². The van der Waals surface area contributed by atoms with Gasteiger partial charge in [0.05, 0.1) is 22.5 Å². The van der Waals surface area contributed by atoms with Gasteiger partial charge in [-0.25, -0.2) is 4.98 Å². The second-order valence-corrected chi connectivity index (χ2v) is 8.51. The SMILES string of the molecule is CS(=O)(=O)OCC1(c2cscn2)Cc2c(ccc(Cl)c2Br)O1. The number of aromatic nitrogens is 1. The summed E-state index contributed by atoms with van der Waals surface area (Å²) in [4.78, 5) is 4.28. The molecule has 1 aliphatic heterocycles. The summed E-state index contributed by atoms with van der Waals surface area (Å²) in [5, 5.41) is 2.40. The van der Waals surface area contributed by atoms with Crippen LogP contribution in [0.3, 0.4) is 0 Å². The molecule has 1 unspecified atom stereocenters. The lowest BCUT2D eigenvalue weighted by molar-refractivity contribution is 0.0352. The Labute approximate surface area is 145 Å². The third-order valence-electron chi connectivity index (χ3n) is 3.33. The van der Waals surface area contributed by atoms with Crippen LogP contribution in [0.2, 0.25) is 5.02 Å². The fourth-order valence-corrected chi connectivity index (χ4v) is 3.99. The number of benzene rings is 1. The molecule has 0 saturated heterocycles. The first-order valence-electron chi connectivity index (χ1n) is 6.20. The summed E-state index contributed by atoms with van der Waals surface area (Å²) >= 11 is 11.0. The summed E-state index contributed by atoms with van der Waals surface area (Å²) in [6.07, 6.45) is 1.43. The van der Waals surface area contributed by atoms with Crippen molar-refractivity contribution in [1.29, 1.82) is 0 Å². The molecular formula is C13H11BrClNO4S2. The van der Waals surface area contributed by atoms with Gasteiger partial charge in [-0.2, -0.15) is 8.42 Å². The lowest BCUT2D eigenvalue weighted by Crippen LogP contribution is -2.38. The fourth-order valence-electron chi connectivity index (χ4n) is 2.30. The van der Waals surface area contributed by atoms with Gasteiger partial charge in [0.25, 0.3) is 10.1 Å². The first-order valence-corrected chi connectivity index (χ1v) is 10.1. The third kappa shape index (κ3) is 3.03. The molecule has 0 bridgehead atoms. The van der Waals surface area contributed by atoms with E-state index in [0.29, 0.717) is 22.9 Å². The third-order valence-corrected chi connectivity index (χ3v) is 5.91. The first-order chi connectivity index (χ1) is 10.3. The summed E-state index contributed by atoms with van der Waals surface area (Å²) in [6, 6.07) is 3.48. The van der Waals surface area contributed by atoms with Gasteiger partial charge in [-0.1, -0.05) is 11.6 Å². The zero-order valence-electron chi connectivity index (χ0n) is 11.4. The lowest BCUT2D eigenvalue weighted by Gasteiger charge is -2.26. The van der Waals surface area contributed by atoms with E-state index in [0.717, 1.165) is 16.3 Å². The quantitative estimate of drug-likeness (QED) is 0.704. The summed E-state index contributed by atoms with van der Waals surface area (Å²) in [5.74, 6) is 0.640. The Bertz CT molecular complexity index is 810. The number of hydrogen-bond acceptors (Lipinski definition) is 6. The van der Waals surface area contributed by atoms with Gasteiger partial charge in [0, 0.05) is 21.8 Å². The van der Waals surface area contributed by atoms with Crippen molar-refractivity contribution >= 4 is 49.0 Å². The standard InChI is InChI=1S/C13H11BrClNO4S2/c1-22(17,18)19-6-13(11-5-21-7-16-11)4-8-10(20-13)3-2-9(15)12(8)14/h2-3,5,7H,4,6H2,1H3. The molecule has 3 rings (SSSR count). The normalized spacial score (nSPS) is 20.7. The molecule has 0 radical (unpaired) electrons. The van der Waals surface area contributed by atoms with Crippen LogP contribution >= 0.6 is 38.9 Å². The molecule has 2 heterocycles. The van der Waals surface area contributed by atoms with Crippen molar-refractivity contribution in [2.45, 2.75) is 12.0 Å². The van der Waals surface area contributed by atoms with Crippen molar-refractivity contribution in [2.24, 2.45) is 0 Å². The van der Waals surface area contributed by atoms with E-state index in [9.17, 15) is 8.42 Å². The molecule has 0 aliphatic carbocycles. The Morgan fingerprint density at radius 2 is 2.32 bits per heavy atom. The summed E-state index contributed by atoms with van der Waals surface area (Å²) in [5.41, 5.74) is 2.21. The molecule has 0 amide bonds. The highest BCUT2D eigenvalue weighted by molar-refractivity contribution is 9.10. The van der Waals surface area contributed by atoms with Crippen LogP contribution < -0.4 is 4.74 Å². The van der Waals surface area contributed by atoms with Gasteiger partial charge in [-0.15, -0.1) is 11.3 Å². The Kier molecular flexibility index (Phi) is 4.24. The van der Waals surface area contributed by atoms with E-state index >= 15 is 0 Å². The molecule has 1 aromatic carbocycles. The van der Waals surface area contributed by atoms with Gasteiger partial charge in [0.15, 0.2) is 5.60 Å². The van der Waals surface area contributed by atoms with Crippen LogP contribution in [0.1, 0.15) is 11.3 Å². The van der Waals surface area contributed by atoms with Gasteiger partial charge < -0.3 is 4.74 Å². The smallest absolute Gasteiger partial charge is 0.264 e. The minimum atomic E-state index is -3.59. The summed E-state index contributed by atoms with van der Waals surface area (Å²) < 4.78 is 34.5. The molecule has 1 aromatic heterocycles. The van der Waals surface area contributed by atoms with Crippen LogP contribution in [0.4, 0.5) is 0 Å². The number of fused-ring (bicyclic) bond motifs is 1. The van der Waals surface area contributed by atoms with Crippen LogP contribution in [0, 0.1) is 0 Å². The maximum Gasteiger partial charge on any atom is 0.264 e. The van der Waals surface area contributed by atoms with Crippen molar-refractivity contribution in [1.82, 2.24) is 4.98 Å². The molecule has 9 heteroatoms. The first kappa shape index (κ1) is 16.2. The van der Waals surface area contributed by atoms with Crippen molar-refractivity contribution in [2.75, 3.05) is 12.9 Å². The number of nitrogens with zero attached hydrogens (tertiary/aromatic N) is 1.